The number of para-hydroxylation sites is 1. The summed E-state index contributed by atoms with van der Waals surface area (Å²) in [7, 11) is 0. The van der Waals surface area contributed by atoms with E-state index in [9.17, 15) is 22.8 Å². The van der Waals surface area contributed by atoms with E-state index in [2.05, 4.69) is 10.3 Å². The molecule has 0 aliphatic carbocycles. The summed E-state index contributed by atoms with van der Waals surface area (Å²) in [6, 6.07) is 5.40. The number of aromatic nitrogens is 2. The molecule has 3 aromatic rings. The topological polar surface area (TPSA) is 64.0 Å². The van der Waals surface area contributed by atoms with Crippen LogP contribution in [0.15, 0.2) is 41.5 Å². The molecule has 27 heavy (non-hydrogen) atoms. The first-order chi connectivity index (χ1) is 12.7. The van der Waals surface area contributed by atoms with Crippen molar-refractivity contribution in [1.82, 2.24) is 9.55 Å². The number of hydrogen-bond acceptors (Lipinski definition) is 4. The number of fused-ring (bicyclic) bond motifs is 1. The summed E-state index contributed by atoms with van der Waals surface area (Å²) in [6.45, 7) is 3.39. The van der Waals surface area contributed by atoms with Crippen molar-refractivity contribution in [3.05, 3.63) is 57.5 Å². The molecule has 0 fully saturated rings. The molecule has 0 bridgehead atoms. The van der Waals surface area contributed by atoms with Gasteiger partial charge in [-0.25, -0.2) is 4.98 Å². The van der Waals surface area contributed by atoms with Gasteiger partial charge < -0.3 is 5.32 Å². The quantitative estimate of drug-likeness (QED) is 0.719. The van der Waals surface area contributed by atoms with Crippen molar-refractivity contribution < 1.29 is 18.0 Å². The van der Waals surface area contributed by atoms with Crippen molar-refractivity contribution in [3.8, 4) is 0 Å². The van der Waals surface area contributed by atoms with Gasteiger partial charge in [0, 0.05) is 4.88 Å². The number of nitrogens with one attached hydrogen (secondary N) is 1. The van der Waals surface area contributed by atoms with Gasteiger partial charge in [0.2, 0.25) is 5.91 Å². The molecule has 0 saturated carbocycles. The minimum Gasteiger partial charge on any atom is -0.324 e. The predicted molar refractivity (Wildman–Crippen MR) is 98.0 cm³/mol. The van der Waals surface area contributed by atoms with Crippen molar-refractivity contribution >= 4 is 33.1 Å². The second kappa shape index (κ2) is 7.15. The lowest BCUT2D eigenvalue weighted by Crippen LogP contribution is -2.32. The van der Waals surface area contributed by atoms with Crippen LogP contribution in [0.2, 0.25) is 0 Å². The van der Waals surface area contributed by atoms with E-state index < -0.39 is 29.2 Å². The van der Waals surface area contributed by atoms with Gasteiger partial charge >= 0.3 is 6.18 Å². The first kappa shape index (κ1) is 19.1. The van der Waals surface area contributed by atoms with Crippen LogP contribution in [0.5, 0.6) is 0 Å². The van der Waals surface area contributed by atoms with E-state index in [0.717, 1.165) is 21.9 Å². The Labute approximate surface area is 156 Å². The van der Waals surface area contributed by atoms with Crippen LogP contribution in [0, 0.1) is 0 Å². The third kappa shape index (κ3) is 3.73. The summed E-state index contributed by atoms with van der Waals surface area (Å²) in [5.74, 6) is -0.735. The van der Waals surface area contributed by atoms with E-state index in [4.69, 9.17) is 0 Å². The lowest BCUT2D eigenvalue weighted by Gasteiger charge is -2.17. The van der Waals surface area contributed by atoms with Gasteiger partial charge in [-0.05, 0) is 31.5 Å². The number of benzene rings is 1. The van der Waals surface area contributed by atoms with Crippen LogP contribution in [0.1, 0.15) is 30.3 Å². The number of carbonyl (C=O) groups is 1. The average Bonchev–Trinajstić information content (AvgIpc) is 3.05. The highest BCUT2D eigenvalue weighted by Gasteiger charge is 2.34. The predicted octanol–water partition coefficient (Wildman–Crippen LogP) is 4.24. The zero-order valence-electron chi connectivity index (χ0n) is 14.5. The molecule has 1 N–H and O–H groups in total. The Kier molecular flexibility index (Phi) is 5.05. The van der Waals surface area contributed by atoms with Crippen LogP contribution < -0.4 is 10.9 Å². The maximum absolute atomic E-state index is 13.1. The van der Waals surface area contributed by atoms with Crippen molar-refractivity contribution in [2.75, 3.05) is 5.32 Å². The Hall–Kier alpha value is -2.68. The molecule has 1 aromatic carbocycles. The van der Waals surface area contributed by atoms with Crippen molar-refractivity contribution in [3.63, 3.8) is 0 Å². The fourth-order valence-corrected chi connectivity index (χ4v) is 3.57. The second-order valence-electron chi connectivity index (χ2n) is 5.95. The average molecular weight is 395 g/mol. The van der Waals surface area contributed by atoms with Gasteiger partial charge in [0.1, 0.15) is 10.9 Å². The molecule has 1 amide bonds. The number of amides is 1. The number of alkyl halides is 3. The normalized spacial score (nSPS) is 12.9. The number of thiophene rings is 1. The monoisotopic (exact) mass is 395 g/mol. The molecule has 1 atom stereocenters. The molecule has 2 heterocycles. The van der Waals surface area contributed by atoms with Crippen LogP contribution in [0.25, 0.3) is 10.2 Å². The van der Waals surface area contributed by atoms with Crippen LogP contribution in [0.3, 0.4) is 0 Å². The van der Waals surface area contributed by atoms with E-state index in [1.165, 1.54) is 42.8 Å². The van der Waals surface area contributed by atoms with Crippen molar-refractivity contribution in [1.29, 1.82) is 0 Å². The van der Waals surface area contributed by atoms with E-state index >= 15 is 0 Å². The molecule has 9 heteroatoms. The van der Waals surface area contributed by atoms with Gasteiger partial charge in [-0.15, -0.1) is 11.3 Å². The standard InChI is InChI=1S/C18H16F3N3O2S/c1-3-11-8-12-16(27-11)22-9-24(17(12)26)10(2)15(25)23-14-7-5-4-6-13(14)18(19,20)21/h4-10H,3H2,1-2H3,(H,23,25)/t10-/m0/s1. The van der Waals surface area contributed by atoms with Gasteiger partial charge in [0.15, 0.2) is 0 Å². The zero-order chi connectivity index (χ0) is 19.8. The van der Waals surface area contributed by atoms with Gasteiger partial charge in [-0.1, -0.05) is 19.1 Å². The van der Waals surface area contributed by atoms with E-state index in [-0.39, 0.29) is 5.69 Å². The molecular weight excluding hydrogens is 379 g/mol. The number of aryl methyl sites for hydroxylation is 1. The minimum atomic E-state index is -4.60. The molecule has 142 valence electrons. The lowest BCUT2D eigenvalue weighted by atomic mass is 10.1. The Morgan fingerprint density at radius 3 is 2.70 bits per heavy atom. The highest BCUT2D eigenvalue weighted by atomic mass is 32.1. The largest absolute Gasteiger partial charge is 0.418 e. The third-order valence-corrected chi connectivity index (χ3v) is 5.35. The number of halogens is 3. The summed E-state index contributed by atoms with van der Waals surface area (Å²) in [5, 5.41) is 2.66. The second-order valence-corrected chi connectivity index (χ2v) is 7.07. The summed E-state index contributed by atoms with van der Waals surface area (Å²) >= 11 is 1.40. The minimum absolute atomic E-state index is 0.354. The number of hydrogen-bond donors (Lipinski definition) is 1. The molecule has 0 spiro atoms. The molecule has 5 nitrogen and oxygen atoms in total. The molecular formula is C18H16F3N3O2S. The molecule has 2 aromatic heterocycles. The highest BCUT2D eigenvalue weighted by molar-refractivity contribution is 7.18. The van der Waals surface area contributed by atoms with Crippen molar-refractivity contribution in [2.24, 2.45) is 0 Å². The van der Waals surface area contributed by atoms with Crippen LogP contribution in [0.4, 0.5) is 18.9 Å². The SMILES string of the molecule is CCc1cc2c(=O)n([C@@H](C)C(=O)Nc3ccccc3C(F)(F)F)cnc2s1. The number of carbonyl (C=O) groups excluding carboxylic acids is 1. The maximum atomic E-state index is 13.1. The van der Waals surface area contributed by atoms with Gasteiger partial charge in [-0.3, -0.25) is 14.2 Å². The number of nitrogens with zero attached hydrogens (tertiary/aromatic N) is 2. The molecule has 0 saturated heterocycles. The third-order valence-electron chi connectivity index (χ3n) is 4.16. The Bertz CT molecular complexity index is 1060. The van der Waals surface area contributed by atoms with Crippen LogP contribution >= 0.6 is 11.3 Å². The summed E-state index contributed by atoms with van der Waals surface area (Å²) in [6.07, 6.45) is -2.59. The highest BCUT2D eigenvalue weighted by Crippen LogP contribution is 2.34. The summed E-state index contributed by atoms with van der Waals surface area (Å²) < 4.78 is 40.4. The number of rotatable bonds is 4. The first-order valence-electron chi connectivity index (χ1n) is 8.19. The van der Waals surface area contributed by atoms with E-state index in [1.807, 2.05) is 6.92 Å². The first-order valence-corrected chi connectivity index (χ1v) is 9.00. The van der Waals surface area contributed by atoms with Crippen LogP contribution in [-0.4, -0.2) is 15.5 Å². The molecule has 3 rings (SSSR count). The molecule has 0 aliphatic rings. The van der Waals surface area contributed by atoms with Crippen LogP contribution in [-0.2, 0) is 17.4 Å². The van der Waals surface area contributed by atoms with Gasteiger partial charge in [-0.2, -0.15) is 13.2 Å². The molecule has 0 unspecified atom stereocenters. The van der Waals surface area contributed by atoms with E-state index in [1.54, 1.807) is 6.07 Å². The maximum Gasteiger partial charge on any atom is 0.418 e. The zero-order valence-corrected chi connectivity index (χ0v) is 15.3. The Morgan fingerprint density at radius 1 is 1.33 bits per heavy atom. The Balaban J connectivity index is 1.92. The van der Waals surface area contributed by atoms with Crippen molar-refractivity contribution in [2.45, 2.75) is 32.5 Å². The number of anilines is 1. The fraction of sp³-hybridized carbons (Fsp3) is 0.278. The van der Waals surface area contributed by atoms with E-state index in [0.29, 0.717) is 10.2 Å². The smallest absolute Gasteiger partial charge is 0.324 e. The summed E-state index contributed by atoms with van der Waals surface area (Å²) in [4.78, 5) is 30.9. The van der Waals surface area contributed by atoms with Gasteiger partial charge in [0.25, 0.3) is 5.56 Å². The molecule has 0 radical (unpaired) electrons. The Morgan fingerprint density at radius 2 is 2.04 bits per heavy atom. The summed E-state index contributed by atoms with van der Waals surface area (Å²) in [5.41, 5.74) is -1.70. The van der Waals surface area contributed by atoms with Gasteiger partial charge in [0.05, 0.1) is 23.0 Å². The fourth-order valence-electron chi connectivity index (χ4n) is 2.64. The molecule has 0 aliphatic heterocycles. The lowest BCUT2D eigenvalue weighted by molar-refractivity contribution is -0.137.